The van der Waals surface area contributed by atoms with Crippen molar-refractivity contribution in [3.05, 3.63) is 0 Å². The number of likely N-dealkylation sites (N-methyl/N-ethyl adjacent to an activating group) is 1. The highest BCUT2D eigenvalue weighted by Crippen LogP contribution is 2.35. The zero-order chi connectivity index (χ0) is 17.9. The summed E-state index contributed by atoms with van der Waals surface area (Å²) in [5.41, 5.74) is 0.110. The second-order valence-electron chi connectivity index (χ2n) is 8.57. The summed E-state index contributed by atoms with van der Waals surface area (Å²) in [6.45, 7) is 2.49. The van der Waals surface area contributed by atoms with E-state index in [9.17, 15) is 9.59 Å². The van der Waals surface area contributed by atoms with Gasteiger partial charge in [0.1, 0.15) is 0 Å². The van der Waals surface area contributed by atoms with E-state index >= 15 is 0 Å². The number of rotatable bonds is 5. The Balaban J connectivity index is 1.61. The van der Waals surface area contributed by atoms with Crippen molar-refractivity contribution >= 4 is 11.8 Å². The molecule has 1 N–H and O–H groups in total. The van der Waals surface area contributed by atoms with Crippen molar-refractivity contribution in [3.8, 4) is 0 Å². The van der Waals surface area contributed by atoms with Gasteiger partial charge < -0.3 is 15.1 Å². The lowest BCUT2D eigenvalue weighted by Crippen LogP contribution is -2.53. The average molecular weight is 350 g/mol. The molecule has 0 aromatic rings. The maximum atomic E-state index is 12.9. The normalized spacial score (nSPS) is 29.2. The summed E-state index contributed by atoms with van der Waals surface area (Å²) in [6, 6.07) is 0. The van der Waals surface area contributed by atoms with Crippen LogP contribution in [0.25, 0.3) is 0 Å². The van der Waals surface area contributed by atoms with Crippen LogP contribution >= 0.6 is 0 Å². The first-order chi connectivity index (χ1) is 12.0. The largest absolute Gasteiger partial charge is 0.354 e. The van der Waals surface area contributed by atoms with Crippen LogP contribution in [0.5, 0.6) is 0 Å². The van der Waals surface area contributed by atoms with Gasteiger partial charge >= 0.3 is 0 Å². The third-order valence-electron chi connectivity index (χ3n) is 6.91. The van der Waals surface area contributed by atoms with E-state index in [2.05, 4.69) is 24.3 Å². The molecule has 0 unspecified atom stereocenters. The van der Waals surface area contributed by atoms with E-state index in [4.69, 9.17) is 0 Å². The first kappa shape index (κ1) is 18.7. The van der Waals surface area contributed by atoms with Gasteiger partial charge in [-0.15, -0.1) is 0 Å². The van der Waals surface area contributed by atoms with Gasteiger partial charge in [-0.3, -0.25) is 9.59 Å². The summed E-state index contributed by atoms with van der Waals surface area (Å²) in [5.74, 6) is 0.138. The predicted octanol–water partition coefficient (Wildman–Crippen LogP) is 2.41. The molecule has 0 aromatic heterocycles. The van der Waals surface area contributed by atoms with Crippen molar-refractivity contribution in [3.63, 3.8) is 0 Å². The Bertz CT molecular complexity index is 479. The summed E-state index contributed by atoms with van der Waals surface area (Å²) in [4.78, 5) is 30.1. The van der Waals surface area contributed by atoms with Crippen molar-refractivity contribution in [1.82, 2.24) is 15.1 Å². The highest BCUT2D eigenvalue weighted by atomic mass is 16.2. The summed E-state index contributed by atoms with van der Waals surface area (Å²) in [6.07, 6.45) is 10.9. The van der Waals surface area contributed by atoms with Crippen LogP contribution in [-0.2, 0) is 9.59 Å². The first-order valence-corrected chi connectivity index (χ1v) is 10.3. The lowest BCUT2D eigenvalue weighted by molar-refractivity contribution is -0.143. The standard InChI is InChI=1S/C20H35N3O2/c1-22(2)20(11-5-6-12-20)15-21-18(24)16-9-3-4-10-17(16)19(25)23-13-7-8-14-23/h16-17H,3-15H2,1-2H3,(H,21,24)/t16-,17+/m0/s1. The van der Waals surface area contributed by atoms with Crippen LogP contribution in [0.3, 0.4) is 0 Å². The molecule has 1 heterocycles. The number of amides is 2. The zero-order valence-electron chi connectivity index (χ0n) is 16.1. The van der Waals surface area contributed by atoms with Gasteiger partial charge in [0, 0.05) is 37.0 Å². The Morgan fingerprint density at radius 1 is 0.960 bits per heavy atom. The van der Waals surface area contributed by atoms with Crippen molar-refractivity contribution in [1.29, 1.82) is 0 Å². The third-order valence-corrected chi connectivity index (χ3v) is 6.91. The maximum absolute atomic E-state index is 12.9. The number of hydrogen-bond acceptors (Lipinski definition) is 3. The predicted molar refractivity (Wildman–Crippen MR) is 99.2 cm³/mol. The van der Waals surface area contributed by atoms with Crippen molar-refractivity contribution < 1.29 is 9.59 Å². The van der Waals surface area contributed by atoms with E-state index in [0.29, 0.717) is 0 Å². The molecule has 5 heteroatoms. The van der Waals surface area contributed by atoms with E-state index in [0.717, 1.165) is 71.0 Å². The molecule has 3 aliphatic rings. The summed E-state index contributed by atoms with van der Waals surface area (Å²) >= 11 is 0. The number of nitrogens with zero attached hydrogens (tertiary/aromatic N) is 2. The molecule has 142 valence electrons. The molecule has 0 radical (unpaired) electrons. The van der Waals surface area contributed by atoms with Gasteiger partial charge in [-0.1, -0.05) is 25.7 Å². The van der Waals surface area contributed by atoms with Crippen LogP contribution in [0.4, 0.5) is 0 Å². The highest BCUT2D eigenvalue weighted by Gasteiger charge is 2.40. The monoisotopic (exact) mass is 349 g/mol. The van der Waals surface area contributed by atoms with Gasteiger partial charge in [-0.05, 0) is 52.6 Å². The van der Waals surface area contributed by atoms with E-state index in [-0.39, 0.29) is 29.2 Å². The molecule has 0 spiro atoms. The second kappa shape index (κ2) is 8.07. The topological polar surface area (TPSA) is 52.7 Å². The fraction of sp³-hybridized carbons (Fsp3) is 0.900. The molecule has 1 saturated heterocycles. The Kier molecular flexibility index (Phi) is 6.03. The molecule has 25 heavy (non-hydrogen) atoms. The summed E-state index contributed by atoms with van der Waals surface area (Å²) < 4.78 is 0. The Morgan fingerprint density at radius 2 is 1.56 bits per heavy atom. The van der Waals surface area contributed by atoms with Gasteiger partial charge in [-0.25, -0.2) is 0 Å². The zero-order valence-corrected chi connectivity index (χ0v) is 16.1. The number of hydrogen-bond donors (Lipinski definition) is 1. The number of likely N-dealkylation sites (tertiary alicyclic amines) is 1. The highest BCUT2D eigenvalue weighted by molar-refractivity contribution is 5.88. The Hall–Kier alpha value is -1.10. The third kappa shape index (κ3) is 4.02. The van der Waals surface area contributed by atoms with Gasteiger partial charge in [0.05, 0.1) is 0 Å². The minimum atomic E-state index is -0.123. The Morgan fingerprint density at radius 3 is 2.16 bits per heavy atom. The number of carbonyl (C=O) groups excluding carboxylic acids is 2. The quantitative estimate of drug-likeness (QED) is 0.829. The fourth-order valence-corrected chi connectivity index (χ4v) is 5.11. The lowest BCUT2D eigenvalue weighted by atomic mass is 9.77. The van der Waals surface area contributed by atoms with E-state index in [1.807, 2.05) is 4.90 Å². The number of carbonyl (C=O) groups is 2. The van der Waals surface area contributed by atoms with Crippen molar-refractivity contribution in [2.45, 2.75) is 69.7 Å². The van der Waals surface area contributed by atoms with Gasteiger partial charge in [0.2, 0.25) is 11.8 Å². The van der Waals surface area contributed by atoms with Crippen LogP contribution < -0.4 is 5.32 Å². The van der Waals surface area contributed by atoms with Gasteiger partial charge in [-0.2, -0.15) is 0 Å². The maximum Gasteiger partial charge on any atom is 0.226 e. The van der Waals surface area contributed by atoms with Gasteiger partial charge in [0.15, 0.2) is 0 Å². The second-order valence-corrected chi connectivity index (χ2v) is 8.57. The molecule has 3 rings (SSSR count). The van der Waals surface area contributed by atoms with Crippen molar-refractivity contribution in [2.75, 3.05) is 33.7 Å². The van der Waals surface area contributed by atoms with E-state index < -0.39 is 0 Å². The van der Waals surface area contributed by atoms with Gasteiger partial charge in [0.25, 0.3) is 0 Å². The fourth-order valence-electron chi connectivity index (χ4n) is 5.11. The molecule has 1 aliphatic heterocycles. The average Bonchev–Trinajstić information content (AvgIpc) is 3.31. The molecule has 2 atom stereocenters. The van der Waals surface area contributed by atoms with Crippen molar-refractivity contribution in [2.24, 2.45) is 11.8 Å². The number of nitrogens with one attached hydrogen (secondary N) is 1. The molecule has 0 aromatic carbocycles. The lowest BCUT2D eigenvalue weighted by Gasteiger charge is -2.38. The Labute approximate surface area is 152 Å². The van der Waals surface area contributed by atoms with Crippen LogP contribution in [-0.4, -0.2) is 60.9 Å². The van der Waals surface area contributed by atoms with Crippen LogP contribution in [0, 0.1) is 11.8 Å². The smallest absolute Gasteiger partial charge is 0.226 e. The van der Waals surface area contributed by atoms with E-state index in [1.165, 1.54) is 12.8 Å². The molecular formula is C20H35N3O2. The SMILES string of the molecule is CN(C)C1(CNC(=O)[C@H]2CCCC[C@H]2C(=O)N2CCCC2)CCCC1. The van der Waals surface area contributed by atoms with E-state index in [1.54, 1.807) is 0 Å². The van der Waals surface area contributed by atoms with Crippen LogP contribution in [0.1, 0.15) is 64.2 Å². The molecule has 5 nitrogen and oxygen atoms in total. The minimum absolute atomic E-state index is 0.0919. The molecule has 2 saturated carbocycles. The molecule has 2 aliphatic carbocycles. The molecule has 2 amide bonds. The summed E-state index contributed by atoms with van der Waals surface area (Å²) in [7, 11) is 4.25. The first-order valence-electron chi connectivity index (χ1n) is 10.3. The molecule has 3 fully saturated rings. The molecular weight excluding hydrogens is 314 g/mol. The summed E-state index contributed by atoms with van der Waals surface area (Å²) in [5, 5.41) is 3.24. The van der Waals surface area contributed by atoms with Crippen LogP contribution in [0.2, 0.25) is 0 Å². The van der Waals surface area contributed by atoms with Crippen LogP contribution in [0.15, 0.2) is 0 Å². The minimum Gasteiger partial charge on any atom is -0.354 e. The molecule has 0 bridgehead atoms.